The molecular weight excluding hydrogens is 384 g/mol. The fraction of sp³-hybridized carbons (Fsp3) is 0.625. The van der Waals surface area contributed by atoms with Crippen LogP contribution >= 0.6 is 47.0 Å². The maximum atomic E-state index is 11.5. The summed E-state index contributed by atoms with van der Waals surface area (Å²) in [5, 5.41) is 0. The number of esters is 2. The Kier molecular flexibility index (Phi) is 12.1. The number of rotatable bonds is 13. The first-order valence-electron chi connectivity index (χ1n) is 7.50. The Labute approximate surface area is 162 Å². The second kappa shape index (κ2) is 12.2. The highest BCUT2D eigenvalue weighted by molar-refractivity contribution is 8.19. The van der Waals surface area contributed by atoms with Crippen molar-refractivity contribution < 1.29 is 19.1 Å². The molecule has 0 saturated carbocycles. The van der Waals surface area contributed by atoms with Crippen LogP contribution in [0.25, 0.3) is 0 Å². The SMILES string of the molecule is C=CC(=O)OC(C)(SCC)SCCSC(C)(OC(=O)C=C)SCC. The molecule has 0 N–H and O–H groups in total. The van der Waals surface area contributed by atoms with Crippen LogP contribution in [-0.2, 0) is 19.1 Å². The van der Waals surface area contributed by atoms with E-state index in [0.29, 0.717) is 0 Å². The third-order valence-electron chi connectivity index (χ3n) is 2.53. The molecular formula is C16H26O4S4. The van der Waals surface area contributed by atoms with Gasteiger partial charge in [-0.1, -0.05) is 27.0 Å². The van der Waals surface area contributed by atoms with Crippen LogP contribution < -0.4 is 0 Å². The number of thioether (sulfide) groups is 4. The van der Waals surface area contributed by atoms with E-state index in [1.165, 1.54) is 12.2 Å². The van der Waals surface area contributed by atoms with Gasteiger partial charge in [0.2, 0.25) is 8.53 Å². The van der Waals surface area contributed by atoms with E-state index in [2.05, 4.69) is 13.2 Å². The lowest BCUT2D eigenvalue weighted by Crippen LogP contribution is -2.26. The maximum absolute atomic E-state index is 11.5. The van der Waals surface area contributed by atoms with Crippen LogP contribution in [0.5, 0.6) is 0 Å². The summed E-state index contributed by atoms with van der Waals surface area (Å²) in [7, 11) is 0. The summed E-state index contributed by atoms with van der Waals surface area (Å²) in [5.74, 6) is 2.33. The van der Waals surface area contributed by atoms with Crippen molar-refractivity contribution in [3.63, 3.8) is 0 Å². The van der Waals surface area contributed by atoms with Crippen molar-refractivity contribution in [2.45, 2.75) is 36.2 Å². The zero-order chi connectivity index (χ0) is 18.6. The minimum Gasteiger partial charge on any atom is -0.435 e. The van der Waals surface area contributed by atoms with Gasteiger partial charge < -0.3 is 9.47 Å². The predicted octanol–water partition coefficient (Wildman–Crippen LogP) is 4.76. The lowest BCUT2D eigenvalue weighted by atomic mass is 10.6. The largest absolute Gasteiger partial charge is 0.435 e. The van der Waals surface area contributed by atoms with Crippen LogP contribution in [0.15, 0.2) is 25.3 Å². The van der Waals surface area contributed by atoms with E-state index >= 15 is 0 Å². The second-order valence-electron chi connectivity index (χ2n) is 4.54. The molecule has 0 rings (SSSR count). The molecule has 24 heavy (non-hydrogen) atoms. The van der Waals surface area contributed by atoms with Gasteiger partial charge in [-0.25, -0.2) is 9.59 Å². The van der Waals surface area contributed by atoms with Gasteiger partial charge in [0.1, 0.15) is 0 Å². The zero-order valence-corrected chi connectivity index (χ0v) is 17.9. The Hall–Kier alpha value is -0.180. The summed E-state index contributed by atoms with van der Waals surface area (Å²) in [5.41, 5.74) is 0. The van der Waals surface area contributed by atoms with Crippen molar-refractivity contribution in [3.05, 3.63) is 25.3 Å². The van der Waals surface area contributed by atoms with Crippen molar-refractivity contribution in [2.75, 3.05) is 23.0 Å². The van der Waals surface area contributed by atoms with Crippen molar-refractivity contribution in [1.29, 1.82) is 0 Å². The predicted molar refractivity (Wildman–Crippen MR) is 111 cm³/mol. The van der Waals surface area contributed by atoms with Gasteiger partial charge in [-0.2, -0.15) is 0 Å². The molecule has 4 nitrogen and oxygen atoms in total. The molecule has 2 unspecified atom stereocenters. The molecule has 0 bridgehead atoms. The quantitative estimate of drug-likeness (QED) is 0.186. The second-order valence-corrected chi connectivity index (χ2v) is 11.3. The van der Waals surface area contributed by atoms with Crippen LogP contribution in [0.1, 0.15) is 27.7 Å². The summed E-state index contributed by atoms with van der Waals surface area (Å²) in [6.07, 6.45) is 2.35. The Balaban J connectivity index is 4.56. The van der Waals surface area contributed by atoms with Gasteiger partial charge in [0.25, 0.3) is 0 Å². The summed E-state index contributed by atoms with van der Waals surface area (Å²) in [4.78, 5) is 23.0. The Bertz CT molecular complexity index is 404. The van der Waals surface area contributed by atoms with Gasteiger partial charge in [0.05, 0.1) is 0 Å². The van der Waals surface area contributed by atoms with E-state index in [0.717, 1.165) is 23.0 Å². The molecule has 0 radical (unpaired) electrons. The lowest BCUT2D eigenvalue weighted by molar-refractivity contribution is -0.140. The smallest absolute Gasteiger partial charge is 0.332 e. The summed E-state index contributed by atoms with van der Waals surface area (Å²) < 4.78 is 9.60. The van der Waals surface area contributed by atoms with Crippen LogP contribution in [0, 0.1) is 0 Å². The number of carbonyl (C=O) groups excluding carboxylic acids is 2. The number of hydrogen-bond donors (Lipinski definition) is 0. The molecule has 0 aromatic heterocycles. The number of ether oxygens (including phenoxy) is 2. The summed E-state index contributed by atoms with van der Waals surface area (Å²) >= 11 is 6.24. The highest BCUT2D eigenvalue weighted by Crippen LogP contribution is 2.42. The van der Waals surface area contributed by atoms with Gasteiger partial charge in [-0.3, -0.25) is 0 Å². The molecule has 8 heteroatoms. The molecule has 0 aliphatic heterocycles. The lowest BCUT2D eigenvalue weighted by Gasteiger charge is -2.29. The maximum Gasteiger partial charge on any atom is 0.332 e. The van der Waals surface area contributed by atoms with Crippen LogP contribution in [0.3, 0.4) is 0 Å². The van der Waals surface area contributed by atoms with Crippen LogP contribution in [-0.4, -0.2) is 43.5 Å². The first kappa shape index (κ1) is 23.8. The van der Waals surface area contributed by atoms with Crippen LogP contribution in [0.2, 0.25) is 0 Å². The molecule has 2 atom stereocenters. The molecule has 0 aromatic carbocycles. The molecule has 0 fully saturated rings. The van der Waals surface area contributed by atoms with Gasteiger partial charge in [0, 0.05) is 23.7 Å². The molecule has 0 aliphatic rings. The molecule has 0 aromatic rings. The third kappa shape index (κ3) is 9.96. The van der Waals surface area contributed by atoms with Crippen molar-refractivity contribution in [3.8, 4) is 0 Å². The topological polar surface area (TPSA) is 52.6 Å². The summed E-state index contributed by atoms with van der Waals surface area (Å²) in [6.45, 7) is 14.7. The summed E-state index contributed by atoms with van der Waals surface area (Å²) in [6, 6.07) is 0. The molecule has 0 saturated heterocycles. The zero-order valence-electron chi connectivity index (χ0n) is 14.7. The minimum absolute atomic E-state index is 0.426. The first-order valence-corrected chi connectivity index (χ1v) is 11.4. The third-order valence-corrected chi connectivity index (χ3v) is 8.03. The Morgan fingerprint density at radius 2 is 1.17 bits per heavy atom. The van der Waals surface area contributed by atoms with E-state index in [4.69, 9.17) is 9.47 Å². The standard InChI is InChI=1S/C16H26O4S4/c1-7-13(17)19-15(5,21-9-3)23-11-12-24-16(6,22-10-4)20-14(18)8-2/h7-8H,1-2,9-12H2,3-6H3. The monoisotopic (exact) mass is 410 g/mol. The van der Waals surface area contributed by atoms with E-state index in [1.807, 2.05) is 27.7 Å². The van der Waals surface area contributed by atoms with E-state index in [-0.39, 0.29) is 0 Å². The molecule has 0 amide bonds. The van der Waals surface area contributed by atoms with Crippen molar-refractivity contribution in [1.82, 2.24) is 0 Å². The first-order chi connectivity index (χ1) is 11.2. The van der Waals surface area contributed by atoms with Crippen LogP contribution in [0.4, 0.5) is 0 Å². The van der Waals surface area contributed by atoms with Gasteiger partial charge in [-0.15, -0.1) is 47.0 Å². The Morgan fingerprint density at radius 1 is 0.833 bits per heavy atom. The van der Waals surface area contributed by atoms with Gasteiger partial charge in [0.15, 0.2) is 0 Å². The number of hydrogen-bond acceptors (Lipinski definition) is 8. The normalized spacial score (nSPS) is 15.7. The number of carbonyl (C=O) groups is 2. The minimum atomic E-state index is -0.646. The molecule has 138 valence electrons. The van der Waals surface area contributed by atoms with E-state index < -0.39 is 20.5 Å². The molecule has 0 spiro atoms. The van der Waals surface area contributed by atoms with Gasteiger partial charge >= 0.3 is 11.9 Å². The highest BCUT2D eigenvalue weighted by Gasteiger charge is 2.31. The fourth-order valence-corrected chi connectivity index (χ4v) is 6.52. The fourth-order valence-electron chi connectivity index (χ4n) is 1.63. The highest BCUT2D eigenvalue weighted by atomic mass is 32.2. The van der Waals surface area contributed by atoms with E-state index in [9.17, 15) is 9.59 Å². The average molecular weight is 411 g/mol. The average Bonchev–Trinajstić information content (AvgIpc) is 2.51. The van der Waals surface area contributed by atoms with Crippen molar-refractivity contribution >= 4 is 59.0 Å². The molecule has 0 heterocycles. The van der Waals surface area contributed by atoms with Crippen molar-refractivity contribution in [2.24, 2.45) is 0 Å². The van der Waals surface area contributed by atoms with Gasteiger partial charge in [-0.05, 0) is 25.4 Å². The van der Waals surface area contributed by atoms with E-state index in [1.54, 1.807) is 47.0 Å². The Morgan fingerprint density at radius 3 is 1.42 bits per heavy atom. The molecule has 0 aliphatic carbocycles.